The van der Waals surface area contributed by atoms with Crippen LogP contribution in [0.15, 0.2) is 73.1 Å². The molecule has 2 rings (SSSR count). The Labute approximate surface area is 146 Å². The average molecular weight is 336 g/mol. The molecular weight excluding hydrogens is 316 g/mol. The SMILES string of the molecule is CC=CC=CC(=O)Nc1cccc(NC(=O)NCc2ccncc2)c1. The van der Waals surface area contributed by atoms with Gasteiger partial charge < -0.3 is 16.0 Å². The van der Waals surface area contributed by atoms with Crippen molar-refractivity contribution in [1.29, 1.82) is 0 Å². The molecule has 0 aliphatic heterocycles. The van der Waals surface area contributed by atoms with E-state index in [9.17, 15) is 9.59 Å². The summed E-state index contributed by atoms with van der Waals surface area (Å²) in [7, 11) is 0. The van der Waals surface area contributed by atoms with E-state index in [2.05, 4.69) is 20.9 Å². The van der Waals surface area contributed by atoms with Crippen molar-refractivity contribution in [2.24, 2.45) is 0 Å². The van der Waals surface area contributed by atoms with E-state index in [1.807, 2.05) is 25.1 Å². The summed E-state index contributed by atoms with van der Waals surface area (Å²) >= 11 is 0. The maximum atomic E-state index is 11.9. The van der Waals surface area contributed by atoms with E-state index in [0.717, 1.165) is 5.56 Å². The number of aromatic nitrogens is 1. The van der Waals surface area contributed by atoms with Crippen LogP contribution in [0.2, 0.25) is 0 Å². The molecule has 0 fully saturated rings. The molecule has 3 N–H and O–H groups in total. The zero-order chi connectivity index (χ0) is 17.9. The van der Waals surface area contributed by atoms with Gasteiger partial charge in [0.05, 0.1) is 0 Å². The second kappa shape index (κ2) is 9.67. The van der Waals surface area contributed by atoms with E-state index >= 15 is 0 Å². The van der Waals surface area contributed by atoms with E-state index in [1.54, 1.807) is 48.8 Å². The van der Waals surface area contributed by atoms with E-state index in [1.165, 1.54) is 6.08 Å². The number of carbonyl (C=O) groups is 2. The molecule has 25 heavy (non-hydrogen) atoms. The summed E-state index contributed by atoms with van der Waals surface area (Å²) < 4.78 is 0. The molecule has 0 aliphatic carbocycles. The van der Waals surface area contributed by atoms with Gasteiger partial charge in [-0.1, -0.05) is 24.3 Å². The third-order valence-electron chi connectivity index (χ3n) is 3.14. The number of rotatable bonds is 6. The van der Waals surface area contributed by atoms with Gasteiger partial charge in [-0.15, -0.1) is 0 Å². The molecule has 1 aromatic heterocycles. The maximum Gasteiger partial charge on any atom is 0.319 e. The maximum absolute atomic E-state index is 11.9. The highest BCUT2D eigenvalue weighted by Gasteiger charge is 2.03. The van der Waals surface area contributed by atoms with Crippen LogP contribution in [0.1, 0.15) is 12.5 Å². The zero-order valence-corrected chi connectivity index (χ0v) is 13.9. The highest BCUT2D eigenvalue weighted by molar-refractivity contribution is 6.00. The molecule has 0 saturated carbocycles. The van der Waals surface area contributed by atoms with Gasteiger partial charge in [0, 0.05) is 36.4 Å². The Bertz CT molecular complexity index is 770. The normalized spacial score (nSPS) is 10.8. The van der Waals surface area contributed by atoms with Crippen LogP contribution in [-0.4, -0.2) is 16.9 Å². The number of anilines is 2. The van der Waals surface area contributed by atoms with Crippen molar-refractivity contribution in [1.82, 2.24) is 10.3 Å². The van der Waals surface area contributed by atoms with Crippen LogP contribution < -0.4 is 16.0 Å². The van der Waals surface area contributed by atoms with Gasteiger partial charge >= 0.3 is 6.03 Å². The van der Waals surface area contributed by atoms with Gasteiger partial charge in [-0.05, 0) is 42.8 Å². The molecule has 1 aromatic carbocycles. The van der Waals surface area contributed by atoms with Crippen molar-refractivity contribution in [2.75, 3.05) is 10.6 Å². The molecule has 128 valence electrons. The Kier molecular flexibility index (Phi) is 6.94. The first-order valence-electron chi connectivity index (χ1n) is 7.81. The van der Waals surface area contributed by atoms with Crippen molar-refractivity contribution in [2.45, 2.75) is 13.5 Å². The number of amides is 3. The summed E-state index contributed by atoms with van der Waals surface area (Å²) in [4.78, 5) is 27.6. The van der Waals surface area contributed by atoms with Crippen LogP contribution in [0.3, 0.4) is 0 Å². The first-order chi connectivity index (χ1) is 12.2. The fraction of sp³-hybridized carbons (Fsp3) is 0.105. The van der Waals surface area contributed by atoms with Crippen LogP contribution in [0, 0.1) is 0 Å². The summed E-state index contributed by atoms with van der Waals surface area (Å²) in [5, 5.41) is 8.22. The summed E-state index contributed by atoms with van der Waals surface area (Å²) in [6.45, 7) is 2.28. The number of hydrogen-bond acceptors (Lipinski definition) is 3. The van der Waals surface area contributed by atoms with E-state index in [0.29, 0.717) is 17.9 Å². The summed E-state index contributed by atoms with van der Waals surface area (Å²) in [6.07, 6.45) is 10.0. The lowest BCUT2D eigenvalue weighted by Gasteiger charge is -2.09. The zero-order valence-electron chi connectivity index (χ0n) is 13.9. The lowest BCUT2D eigenvalue weighted by molar-refractivity contribution is -0.111. The first-order valence-corrected chi connectivity index (χ1v) is 7.81. The Morgan fingerprint density at radius 2 is 1.76 bits per heavy atom. The standard InChI is InChI=1S/C19H20N4O2/c1-2-3-4-8-18(24)22-16-6-5-7-17(13-16)23-19(25)21-14-15-9-11-20-12-10-15/h2-13H,14H2,1H3,(H,22,24)(H2,21,23,25). The second-order valence-corrected chi connectivity index (χ2v) is 5.12. The Morgan fingerprint density at radius 1 is 1.04 bits per heavy atom. The van der Waals surface area contributed by atoms with Gasteiger partial charge in [0.1, 0.15) is 0 Å². The quantitative estimate of drug-likeness (QED) is 0.558. The average Bonchev–Trinajstić information content (AvgIpc) is 2.61. The second-order valence-electron chi connectivity index (χ2n) is 5.12. The van der Waals surface area contributed by atoms with Gasteiger partial charge in [-0.3, -0.25) is 9.78 Å². The largest absolute Gasteiger partial charge is 0.334 e. The minimum absolute atomic E-state index is 0.239. The first kappa shape index (κ1) is 17.9. The van der Waals surface area contributed by atoms with Gasteiger partial charge in [-0.2, -0.15) is 0 Å². The Morgan fingerprint density at radius 3 is 2.48 bits per heavy atom. The molecule has 0 saturated heterocycles. The number of benzene rings is 1. The van der Waals surface area contributed by atoms with E-state index in [-0.39, 0.29) is 11.9 Å². The molecule has 0 bridgehead atoms. The van der Waals surface area contributed by atoms with Gasteiger partial charge in [0.15, 0.2) is 0 Å². The molecule has 3 amide bonds. The predicted octanol–water partition coefficient (Wildman–Crippen LogP) is 3.47. The summed E-state index contributed by atoms with van der Waals surface area (Å²) in [5.41, 5.74) is 2.14. The Hall–Kier alpha value is -3.41. The van der Waals surface area contributed by atoms with Crippen molar-refractivity contribution in [3.8, 4) is 0 Å². The van der Waals surface area contributed by atoms with Gasteiger partial charge in [-0.25, -0.2) is 4.79 Å². The lowest BCUT2D eigenvalue weighted by Crippen LogP contribution is -2.28. The van der Waals surface area contributed by atoms with Crippen LogP contribution >= 0.6 is 0 Å². The van der Waals surface area contributed by atoms with Gasteiger partial charge in [0.25, 0.3) is 0 Å². The molecular formula is C19H20N4O2. The number of hydrogen-bond donors (Lipinski definition) is 3. The number of allylic oxidation sites excluding steroid dienone is 3. The topological polar surface area (TPSA) is 83.1 Å². The van der Waals surface area contributed by atoms with Crippen molar-refractivity contribution in [3.05, 3.63) is 78.7 Å². The molecule has 1 heterocycles. The highest BCUT2D eigenvalue weighted by Crippen LogP contribution is 2.15. The number of pyridine rings is 1. The monoisotopic (exact) mass is 336 g/mol. The van der Waals surface area contributed by atoms with Crippen molar-refractivity contribution >= 4 is 23.3 Å². The lowest BCUT2D eigenvalue weighted by atomic mass is 10.2. The van der Waals surface area contributed by atoms with Crippen LogP contribution in [0.4, 0.5) is 16.2 Å². The number of nitrogens with zero attached hydrogens (tertiary/aromatic N) is 1. The minimum Gasteiger partial charge on any atom is -0.334 e. The molecule has 6 nitrogen and oxygen atoms in total. The fourth-order valence-electron chi connectivity index (χ4n) is 1.97. The molecule has 0 atom stereocenters. The molecule has 2 aromatic rings. The van der Waals surface area contributed by atoms with E-state index in [4.69, 9.17) is 0 Å². The molecule has 6 heteroatoms. The predicted molar refractivity (Wildman–Crippen MR) is 99.1 cm³/mol. The summed E-state index contributed by atoms with van der Waals surface area (Å²) in [6, 6.07) is 10.3. The van der Waals surface area contributed by atoms with E-state index < -0.39 is 0 Å². The molecule has 0 radical (unpaired) electrons. The molecule has 0 aliphatic rings. The van der Waals surface area contributed by atoms with Gasteiger partial charge in [0.2, 0.25) is 5.91 Å². The van der Waals surface area contributed by atoms with Crippen LogP contribution in [0.5, 0.6) is 0 Å². The van der Waals surface area contributed by atoms with Crippen molar-refractivity contribution in [3.63, 3.8) is 0 Å². The number of urea groups is 1. The third kappa shape index (κ3) is 6.70. The van der Waals surface area contributed by atoms with Crippen LogP contribution in [0.25, 0.3) is 0 Å². The fourth-order valence-corrected chi connectivity index (χ4v) is 1.97. The molecule has 0 unspecified atom stereocenters. The third-order valence-corrected chi connectivity index (χ3v) is 3.14. The highest BCUT2D eigenvalue weighted by atomic mass is 16.2. The number of carbonyl (C=O) groups excluding carboxylic acids is 2. The number of nitrogens with one attached hydrogen (secondary N) is 3. The van der Waals surface area contributed by atoms with Crippen molar-refractivity contribution < 1.29 is 9.59 Å². The smallest absolute Gasteiger partial charge is 0.319 e. The summed E-state index contributed by atoms with van der Waals surface area (Å²) in [5.74, 6) is -0.239. The molecule has 0 spiro atoms. The Balaban J connectivity index is 1.87. The van der Waals surface area contributed by atoms with Crippen LogP contribution in [-0.2, 0) is 11.3 Å². The minimum atomic E-state index is -0.326.